The molecule has 1 fully saturated rings. The Hall–Kier alpha value is -3.30. The second-order valence-electron chi connectivity index (χ2n) is 5.77. The molecule has 0 unspecified atom stereocenters. The average molecular weight is 340 g/mol. The number of piperazine rings is 1. The Morgan fingerprint density at radius 1 is 1.04 bits per heavy atom. The smallest absolute Gasteiger partial charge is 0.358 e. The number of nitrogens with zero attached hydrogens (tertiary/aromatic N) is 8. The molecule has 128 valence electrons. The van der Waals surface area contributed by atoms with Gasteiger partial charge >= 0.3 is 5.82 Å². The van der Waals surface area contributed by atoms with Crippen LogP contribution in [0.5, 0.6) is 0 Å². The van der Waals surface area contributed by atoms with Gasteiger partial charge in [-0.25, -0.2) is 15.0 Å². The predicted octanol–water partition coefficient (Wildman–Crippen LogP) is 1.06. The molecule has 10 heteroatoms. The Morgan fingerprint density at radius 3 is 2.44 bits per heavy atom. The summed E-state index contributed by atoms with van der Waals surface area (Å²) < 4.78 is 1.27. The molecule has 0 saturated carbocycles. The molecule has 0 aliphatic carbocycles. The normalized spacial score (nSPS) is 14.9. The summed E-state index contributed by atoms with van der Waals surface area (Å²) in [6, 6.07) is 5.49. The van der Waals surface area contributed by atoms with Crippen LogP contribution in [0, 0.1) is 17.0 Å². The Labute approximate surface area is 142 Å². The van der Waals surface area contributed by atoms with Gasteiger partial charge < -0.3 is 19.9 Å². The molecule has 4 heterocycles. The van der Waals surface area contributed by atoms with Gasteiger partial charge in [0.25, 0.3) is 0 Å². The minimum absolute atomic E-state index is 0.132. The fourth-order valence-electron chi connectivity index (χ4n) is 2.93. The van der Waals surface area contributed by atoms with Crippen molar-refractivity contribution in [2.45, 2.75) is 6.92 Å². The van der Waals surface area contributed by atoms with E-state index in [0.29, 0.717) is 11.5 Å². The lowest BCUT2D eigenvalue weighted by molar-refractivity contribution is -0.391. The van der Waals surface area contributed by atoms with Gasteiger partial charge in [0.1, 0.15) is 17.8 Å². The molecule has 25 heavy (non-hydrogen) atoms. The van der Waals surface area contributed by atoms with Crippen molar-refractivity contribution in [2.24, 2.45) is 0 Å². The van der Waals surface area contributed by atoms with Crippen molar-refractivity contribution in [1.29, 1.82) is 0 Å². The van der Waals surface area contributed by atoms with Crippen LogP contribution in [0.1, 0.15) is 5.82 Å². The molecule has 10 nitrogen and oxygen atoms in total. The summed E-state index contributed by atoms with van der Waals surface area (Å²) in [5.74, 6) is 2.24. The first-order chi connectivity index (χ1) is 12.1. The highest BCUT2D eigenvalue weighted by Gasteiger charge is 2.22. The van der Waals surface area contributed by atoms with Crippen LogP contribution < -0.4 is 9.80 Å². The van der Waals surface area contributed by atoms with E-state index in [9.17, 15) is 10.1 Å². The Morgan fingerprint density at radius 2 is 1.76 bits per heavy atom. The number of anilines is 2. The van der Waals surface area contributed by atoms with E-state index in [2.05, 4.69) is 29.9 Å². The molecular formula is C15H16N8O2. The summed E-state index contributed by atoms with van der Waals surface area (Å²) in [5, 5.41) is 15.4. The summed E-state index contributed by atoms with van der Waals surface area (Å²) in [6.45, 7) is 4.97. The molecule has 0 amide bonds. The van der Waals surface area contributed by atoms with Crippen LogP contribution in [0.4, 0.5) is 17.5 Å². The van der Waals surface area contributed by atoms with E-state index in [4.69, 9.17) is 0 Å². The predicted molar refractivity (Wildman–Crippen MR) is 90.8 cm³/mol. The first-order valence-corrected chi connectivity index (χ1v) is 7.90. The highest BCUT2D eigenvalue weighted by molar-refractivity contribution is 5.50. The number of aryl methyl sites for hydroxylation is 1. The SMILES string of the molecule is Cc1nccc(N2CCN(c3ccc4ncc([N+](=O)[O-])n4n3)CC2)n1. The van der Waals surface area contributed by atoms with E-state index in [1.165, 1.54) is 10.7 Å². The molecule has 4 rings (SSSR count). The number of hydrogen-bond acceptors (Lipinski definition) is 8. The summed E-state index contributed by atoms with van der Waals surface area (Å²) in [7, 11) is 0. The molecule has 0 radical (unpaired) electrons. The summed E-state index contributed by atoms with van der Waals surface area (Å²) in [4.78, 5) is 27.5. The van der Waals surface area contributed by atoms with Crippen LogP contribution in [0.15, 0.2) is 30.6 Å². The van der Waals surface area contributed by atoms with Crippen molar-refractivity contribution in [2.75, 3.05) is 36.0 Å². The Bertz CT molecular complexity index is 932. The third-order valence-corrected chi connectivity index (χ3v) is 4.21. The Balaban J connectivity index is 1.53. The van der Waals surface area contributed by atoms with Crippen molar-refractivity contribution < 1.29 is 4.92 Å². The number of hydrogen-bond donors (Lipinski definition) is 0. The summed E-state index contributed by atoms with van der Waals surface area (Å²) in [5.41, 5.74) is 0.463. The zero-order valence-corrected chi connectivity index (χ0v) is 13.6. The zero-order valence-electron chi connectivity index (χ0n) is 13.6. The van der Waals surface area contributed by atoms with Crippen LogP contribution in [0.25, 0.3) is 5.65 Å². The van der Waals surface area contributed by atoms with E-state index in [1.807, 2.05) is 19.1 Å². The maximum atomic E-state index is 11.1. The zero-order chi connectivity index (χ0) is 17.4. The van der Waals surface area contributed by atoms with Gasteiger partial charge in [-0.1, -0.05) is 9.61 Å². The second-order valence-corrected chi connectivity index (χ2v) is 5.77. The van der Waals surface area contributed by atoms with Gasteiger partial charge in [-0.05, 0) is 24.0 Å². The van der Waals surface area contributed by atoms with Crippen molar-refractivity contribution in [3.05, 3.63) is 46.5 Å². The van der Waals surface area contributed by atoms with Gasteiger partial charge in [-0.3, -0.25) is 0 Å². The summed E-state index contributed by atoms with van der Waals surface area (Å²) in [6.07, 6.45) is 2.99. The number of aromatic nitrogens is 5. The maximum absolute atomic E-state index is 11.1. The Kier molecular flexibility index (Phi) is 3.64. The van der Waals surface area contributed by atoms with Gasteiger partial charge in [-0.2, -0.15) is 0 Å². The first-order valence-electron chi connectivity index (χ1n) is 7.90. The van der Waals surface area contributed by atoms with E-state index in [1.54, 1.807) is 12.3 Å². The van der Waals surface area contributed by atoms with Gasteiger partial charge in [0, 0.05) is 38.4 Å². The average Bonchev–Trinajstić information content (AvgIpc) is 3.05. The van der Waals surface area contributed by atoms with E-state index in [0.717, 1.165) is 37.8 Å². The topological polar surface area (TPSA) is 106 Å². The number of rotatable bonds is 3. The minimum Gasteiger partial charge on any atom is -0.358 e. The second kappa shape index (κ2) is 5.96. The molecule has 0 N–H and O–H groups in total. The number of fused-ring (bicyclic) bond motifs is 1. The highest BCUT2D eigenvalue weighted by atomic mass is 16.6. The fourth-order valence-corrected chi connectivity index (χ4v) is 2.93. The molecule has 0 bridgehead atoms. The molecule has 0 atom stereocenters. The molecule has 3 aromatic rings. The van der Waals surface area contributed by atoms with E-state index < -0.39 is 4.92 Å². The molecule has 1 aliphatic heterocycles. The fraction of sp³-hybridized carbons (Fsp3) is 0.333. The lowest BCUT2D eigenvalue weighted by atomic mass is 10.3. The largest absolute Gasteiger partial charge is 0.368 e. The number of nitro groups is 1. The van der Waals surface area contributed by atoms with Crippen molar-refractivity contribution in [3.63, 3.8) is 0 Å². The van der Waals surface area contributed by atoms with Gasteiger partial charge in [0.2, 0.25) is 5.65 Å². The van der Waals surface area contributed by atoms with Crippen LogP contribution in [-0.2, 0) is 0 Å². The van der Waals surface area contributed by atoms with E-state index in [-0.39, 0.29) is 5.82 Å². The lowest BCUT2D eigenvalue weighted by Crippen LogP contribution is -2.47. The highest BCUT2D eigenvalue weighted by Crippen LogP contribution is 2.20. The van der Waals surface area contributed by atoms with Crippen molar-refractivity contribution >= 4 is 23.1 Å². The van der Waals surface area contributed by atoms with E-state index >= 15 is 0 Å². The molecule has 3 aromatic heterocycles. The monoisotopic (exact) mass is 340 g/mol. The number of imidazole rings is 1. The molecule has 1 saturated heterocycles. The van der Waals surface area contributed by atoms with Crippen molar-refractivity contribution in [1.82, 2.24) is 24.6 Å². The summed E-state index contributed by atoms with van der Waals surface area (Å²) >= 11 is 0. The van der Waals surface area contributed by atoms with Gasteiger partial charge in [0.15, 0.2) is 5.82 Å². The lowest BCUT2D eigenvalue weighted by Gasteiger charge is -2.35. The van der Waals surface area contributed by atoms with Gasteiger partial charge in [0.05, 0.1) is 0 Å². The maximum Gasteiger partial charge on any atom is 0.368 e. The van der Waals surface area contributed by atoms with Crippen molar-refractivity contribution in [3.8, 4) is 0 Å². The molecule has 1 aliphatic rings. The van der Waals surface area contributed by atoms with Crippen LogP contribution in [0.2, 0.25) is 0 Å². The quantitative estimate of drug-likeness (QED) is 0.515. The molecule has 0 aromatic carbocycles. The molecular weight excluding hydrogens is 324 g/mol. The standard InChI is InChI=1S/C15H16N8O2/c1-11-16-5-4-13(18-11)20-6-8-21(9-7-20)14-3-2-12-17-10-15(23(24)25)22(12)19-14/h2-5,10H,6-9H2,1H3. The van der Waals surface area contributed by atoms with Crippen LogP contribution in [-0.4, -0.2) is 55.7 Å². The molecule has 0 spiro atoms. The first kappa shape index (κ1) is 15.2. The third kappa shape index (κ3) is 2.82. The van der Waals surface area contributed by atoms with Gasteiger partial charge in [-0.15, -0.1) is 0 Å². The minimum atomic E-state index is -0.480. The van der Waals surface area contributed by atoms with Crippen LogP contribution >= 0.6 is 0 Å². The van der Waals surface area contributed by atoms with Crippen LogP contribution in [0.3, 0.4) is 0 Å². The third-order valence-electron chi connectivity index (χ3n) is 4.21.